The van der Waals surface area contributed by atoms with E-state index in [1.54, 1.807) is 7.11 Å². The molecule has 0 bridgehead atoms. The molecule has 0 aliphatic rings. The molecule has 5 heteroatoms. The van der Waals surface area contributed by atoms with E-state index in [0.29, 0.717) is 31.3 Å². The second-order valence-corrected chi connectivity index (χ2v) is 5.16. The van der Waals surface area contributed by atoms with Crippen LogP contribution in [0.15, 0.2) is 23.1 Å². The summed E-state index contributed by atoms with van der Waals surface area (Å²) in [5.74, 6) is 0.480. The average molecular weight is 257 g/mol. The zero-order valence-corrected chi connectivity index (χ0v) is 11.1. The predicted molar refractivity (Wildman–Crippen MR) is 69.6 cm³/mol. The molecule has 96 valence electrons. The molecule has 0 saturated heterocycles. The van der Waals surface area contributed by atoms with Gasteiger partial charge in [-0.05, 0) is 24.6 Å². The van der Waals surface area contributed by atoms with Crippen LogP contribution in [0.4, 0.5) is 5.69 Å². The van der Waals surface area contributed by atoms with Gasteiger partial charge in [-0.2, -0.15) is 0 Å². The molecule has 1 unspecified atom stereocenters. The largest absolute Gasteiger partial charge is 0.398 e. The number of benzene rings is 1. The van der Waals surface area contributed by atoms with Crippen LogP contribution in [0.2, 0.25) is 0 Å². The first-order valence-corrected chi connectivity index (χ1v) is 6.79. The van der Waals surface area contributed by atoms with Crippen LogP contribution in [0.5, 0.6) is 0 Å². The average Bonchev–Trinajstić information content (AvgIpc) is 2.32. The Kier molecular flexibility index (Phi) is 6.18. The molecule has 4 nitrogen and oxygen atoms in total. The van der Waals surface area contributed by atoms with E-state index in [2.05, 4.69) is 0 Å². The van der Waals surface area contributed by atoms with Crippen molar-refractivity contribution < 1.29 is 13.7 Å². The SMILES string of the molecule is COCCOCCS(=O)c1cccc(N)c1C. The highest BCUT2D eigenvalue weighted by Gasteiger charge is 2.08. The first kappa shape index (κ1) is 14.2. The van der Waals surface area contributed by atoms with Gasteiger partial charge in [-0.25, -0.2) is 0 Å². The highest BCUT2D eigenvalue weighted by molar-refractivity contribution is 7.85. The Morgan fingerprint density at radius 2 is 2.06 bits per heavy atom. The first-order valence-electron chi connectivity index (χ1n) is 5.47. The van der Waals surface area contributed by atoms with Gasteiger partial charge in [-0.3, -0.25) is 4.21 Å². The Hall–Kier alpha value is -0.910. The maximum absolute atomic E-state index is 12.0. The van der Waals surface area contributed by atoms with Crippen LogP contribution in [-0.2, 0) is 20.3 Å². The van der Waals surface area contributed by atoms with E-state index in [-0.39, 0.29) is 0 Å². The van der Waals surface area contributed by atoms with Gasteiger partial charge in [0.25, 0.3) is 0 Å². The Morgan fingerprint density at radius 1 is 1.29 bits per heavy atom. The summed E-state index contributed by atoms with van der Waals surface area (Å²) in [5, 5.41) is 0. The van der Waals surface area contributed by atoms with Gasteiger partial charge in [0.2, 0.25) is 0 Å². The molecule has 1 aromatic carbocycles. The number of anilines is 1. The van der Waals surface area contributed by atoms with E-state index < -0.39 is 10.8 Å². The van der Waals surface area contributed by atoms with Gasteiger partial charge in [0.15, 0.2) is 0 Å². The third kappa shape index (κ3) is 4.46. The smallest absolute Gasteiger partial charge is 0.0700 e. The number of nitrogens with two attached hydrogens (primary N) is 1. The molecular formula is C12H19NO3S. The van der Waals surface area contributed by atoms with Crippen molar-refractivity contribution >= 4 is 16.5 Å². The lowest BCUT2D eigenvalue weighted by molar-refractivity contribution is 0.0787. The Morgan fingerprint density at radius 3 is 2.76 bits per heavy atom. The number of hydrogen-bond acceptors (Lipinski definition) is 4. The lowest BCUT2D eigenvalue weighted by atomic mass is 10.2. The number of nitrogen functional groups attached to an aromatic ring is 1. The maximum atomic E-state index is 12.0. The van der Waals surface area contributed by atoms with Crippen molar-refractivity contribution in [2.24, 2.45) is 0 Å². The van der Waals surface area contributed by atoms with Crippen LogP contribution in [-0.4, -0.2) is 36.9 Å². The summed E-state index contributed by atoms with van der Waals surface area (Å²) < 4.78 is 22.1. The molecule has 0 aromatic heterocycles. The van der Waals surface area contributed by atoms with Crippen molar-refractivity contribution in [3.63, 3.8) is 0 Å². The Labute approximate surface area is 105 Å². The molecular weight excluding hydrogens is 238 g/mol. The van der Waals surface area contributed by atoms with Crippen LogP contribution >= 0.6 is 0 Å². The normalized spacial score (nSPS) is 12.6. The van der Waals surface area contributed by atoms with Gasteiger partial charge in [-0.1, -0.05) is 6.07 Å². The lowest BCUT2D eigenvalue weighted by Crippen LogP contribution is -2.10. The summed E-state index contributed by atoms with van der Waals surface area (Å²) in [6, 6.07) is 5.48. The van der Waals surface area contributed by atoms with Crippen molar-refractivity contribution in [2.75, 3.05) is 38.4 Å². The second kappa shape index (κ2) is 7.42. The molecule has 0 fully saturated rings. The lowest BCUT2D eigenvalue weighted by Gasteiger charge is -2.08. The minimum Gasteiger partial charge on any atom is -0.398 e. The zero-order chi connectivity index (χ0) is 12.7. The minimum absolute atomic E-state index is 0.463. The van der Waals surface area contributed by atoms with E-state index in [0.717, 1.165) is 10.5 Å². The van der Waals surface area contributed by atoms with Crippen molar-refractivity contribution in [2.45, 2.75) is 11.8 Å². The Bertz CT molecular complexity index is 382. The molecule has 2 N–H and O–H groups in total. The standard InChI is InChI=1S/C12H19NO3S/c1-10-11(13)4-3-5-12(10)17(14)9-8-16-7-6-15-2/h3-5H,6-9,13H2,1-2H3. The molecule has 0 amide bonds. The molecule has 0 radical (unpaired) electrons. The van der Waals surface area contributed by atoms with E-state index >= 15 is 0 Å². The second-order valence-electron chi connectivity index (χ2n) is 3.63. The monoisotopic (exact) mass is 257 g/mol. The zero-order valence-electron chi connectivity index (χ0n) is 10.3. The third-order valence-electron chi connectivity index (χ3n) is 2.42. The number of ether oxygens (including phenoxy) is 2. The van der Waals surface area contributed by atoms with Crippen LogP contribution in [0, 0.1) is 6.92 Å². The summed E-state index contributed by atoms with van der Waals surface area (Å²) in [5.41, 5.74) is 7.34. The predicted octanol–water partition coefficient (Wildman–Crippen LogP) is 1.35. The Balaban J connectivity index is 2.44. The van der Waals surface area contributed by atoms with Crippen molar-refractivity contribution in [3.05, 3.63) is 23.8 Å². The van der Waals surface area contributed by atoms with E-state index in [9.17, 15) is 4.21 Å². The summed E-state index contributed by atoms with van der Waals surface area (Å²) in [6.45, 7) is 3.44. The van der Waals surface area contributed by atoms with Gasteiger partial charge in [0, 0.05) is 17.7 Å². The van der Waals surface area contributed by atoms with E-state index in [1.165, 1.54) is 0 Å². The van der Waals surface area contributed by atoms with E-state index in [1.807, 2.05) is 25.1 Å². The molecule has 0 aliphatic carbocycles. The topological polar surface area (TPSA) is 61.5 Å². The van der Waals surface area contributed by atoms with Crippen molar-refractivity contribution in [1.82, 2.24) is 0 Å². The van der Waals surface area contributed by atoms with Gasteiger partial charge in [0.1, 0.15) is 0 Å². The fourth-order valence-corrected chi connectivity index (χ4v) is 2.55. The first-order chi connectivity index (χ1) is 8.16. The molecule has 1 atom stereocenters. The maximum Gasteiger partial charge on any atom is 0.0700 e. The molecule has 0 spiro atoms. The van der Waals surface area contributed by atoms with Crippen LogP contribution in [0.3, 0.4) is 0 Å². The summed E-state index contributed by atoms with van der Waals surface area (Å²) in [7, 11) is 0.566. The molecule has 0 heterocycles. The highest BCUT2D eigenvalue weighted by atomic mass is 32.2. The molecule has 0 aliphatic heterocycles. The third-order valence-corrected chi connectivity index (χ3v) is 3.89. The van der Waals surface area contributed by atoms with Gasteiger partial charge in [0.05, 0.1) is 36.4 Å². The van der Waals surface area contributed by atoms with Crippen LogP contribution < -0.4 is 5.73 Å². The molecule has 0 saturated carbocycles. The minimum atomic E-state index is -1.06. The van der Waals surface area contributed by atoms with Crippen molar-refractivity contribution in [3.8, 4) is 0 Å². The molecule has 17 heavy (non-hydrogen) atoms. The fourth-order valence-electron chi connectivity index (χ4n) is 1.37. The summed E-state index contributed by atoms with van der Waals surface area (Å²) in [4.78, 5) is 0.792. The highest BCUT2D eigenvalue weighted by Crippen LogP contribution is 2.18. The van der Waals surface area contributed by atoms with Gasteiger partial charge >= 0.3 is 0 Å². The van der Waals surface area contributed by atoms with Crippen LogP contribution in [0.1, 0.15) is 5.56 Å². The molecule has 1 rings (SSSR count). The van der Waals surface area contributed by atoms with E-state index in [4.69, 9.17) is 15.2 Å². The van der Waals surface area contributed by atoms with Gasteiger partial charge < -0.3 is 15.2 Å². The number of methoxy groups -OCH3 is 1. The summed E-state index contributed by atoms with van der Waals surface area (Å²) >= 11 is 0. The van der Waals surface area contributed by atoms with Crippen molar-refractivity contribution in [1.29, 1.82) is 0 Å². The van der Waals surface area contributed by atoms with Gasteiger partial charge in [-0.15, -0.1) is 0 Å². The number of hydrogen-bond donors (Lipinski definition) is 1. The van der Waals surface area contributed by atoms with Crippen LogP contribution in [0.25, 0.3) is 0 Å². The molecule has 1 aromatic rings. The quantitative estimate of drug-likeness (QED) is 0.591. The fraction of sp³-hybridized carbons (Fsp3) is 0.500. The summed E-state index contributed by atoms with van der Waals surface area (Å²) in [6.07, 6.45) is 0. The number of rotatable bonds is 7.